The maximum absolute atomic E-state index is 14.7. The van der Waals surface area contributed by atoms with Crippen LogP contribution in [0.5, 0.6) is 0 Å². The van der Waals surface area contributed by atoms with Crippen LogP contribution in [-0.4, -0.2) is 69.6 Å². The molecule has 0 bridgehead atoms. The number of amides is 3. The highest BCUT2D eigenvalue weighted by Crippen LogP contribution is 2.35. The van der Waals surface area contributed by atoms with E-state index in [4.69, 9.17) is 4.74 Å². The molecule has 5 rings (SSSR count). The molecule has 196 valence electrons. The minimum atomic E-state index is -0.545. The average molecular weight is 510 g/mol. The fourth-order valence-electron chi connectivity index (χ4n) is 4.98. The summed E-state index contributed by atoms with van der Waals surface area (Å²) in [4.78, 5) is 35.8. The lowest BCUT2D eigenvalue weighted by Crippen LogP contribution is -2.55. The number of pyridine rings is 1. The van der Waals surface area contributed by atoms with Gasteiger partial charge in [-0.15, -0.1) is 0 Å². The highest BCUT2D eigenvalue weighted by Gasteiger charge is 2.34. The molecule has 3 amide bonds. The third-order valence-electron chi connectivity index (χ3n) is 6.64. The smallest absolute Gasteiger partial charge is 0.410 e. The summed E-state index contributed by atoms with van der Waals surface area (Å²) >= 11 is 0. The van der Waals surface area contributed by atoms with Crippen LogP contribution in [-0.2, 0) is 18.2 Å². The first-order valence-corrected chi connectivity index (χ1v) is 12.4. The van der Waals surface area contributed by atoms with Crippen molar-refractivity contribution in [3.8, 4) is 0 Å². The van der Waals surface area contributed by atoms with Gasteiger partial charge in [0.2, 0.25) is 0 Å². The fourth-order valence-corrected chi connectivity index (χ4v) is 4.98. The highest BCUT2D eigenvalue weighted by atomic mass is 19.1. The van der Waals surface area contributed by atoms with Crippen LogP contribution in [0.3, 0.4) is 0 Å². The van der Waals surface area contributed by atoms with Crippen molar-refractivity contribution in [3.05, 3.63) is 42.0 Å². The van der Waals surface area contributed by atoms with Gasteiger partial charge in [-0.1, -0.05) is 0 Å². The number of carbonyl (C=O) groups is 2. The Morgan fingerprint density at radius 3 is 2.70 bits per heavy atom. The van der Waals surface area contributed by atoms with Gasteiger partial charge in [-0.25, -0.2) is 19.0 Å². The normalized spacial score (nSPS) is 17.8. The van der Waals surface area contributed by atoms with E-state index < -0.39 is 17.4 Å². The second kappa shape index (κ2) is 9.20. The van der Waals surface area contributed by atoms with Gasteiger partial charge in [0, 0.05) is 74.4 Å². The number of aryl methyl sites for hydroxylation is 1. The lowest BCUT2D eigenvalue weighted by Gasteiger charge is -2.41. The van der Waals surface area contributed by atoms with E-state index in [1.165, 1.54) is 6.07 Å². The standard InChI is InChI=1S/C26H32FN7O3/c1-16-14-32(10-11-33(16)25(36)37-26(2,3)4)22-6-8-28-23-18(22)7-9-34(23)24(35)29-21-12-17-15-31(5)30-20(17)13-19(21)27/h6,8,12-13,15-16H,7,9-11,14H2,1-5H3,(H,29,35)/t16-/m1/s1. The zero-order chi connectivity index (χ0) is 26.5. The molecule has 0 aliphatic carbocycles. The largest absolute Gasteiger partial charge is 0.444 e. The van der Waals surface area contributed by atoms with E-state index in [1.807, 2.05) is 33.8 Å². The van der Waals surface area contributed by atoms with E-state index in [-0.39, 0.29) is 17.8 Å². The summed E-state index contributed by atoms with van der Waals surface area (Å²) in [7, 11) is 1.76. The predicted molar refractivity (Wildman–Crippen MR) is 140 cm³/mol. The Hall–Kier alpha value is -3.89. The van der Waals surface area contributed by atoms with Gasteiger partial charge in [-0.3, -0.25) is 9.58 Å². The molecule has 1 N–H and O–H groups in total. The lowest BCUT2D eigenvalue weighted by molar-refractivity contribution is 0.0159. The van der Waals surface area contributed by atoms with E-state index in [0.717, 1.165) is 16.6 Å². The molecule has 1 saturated heterocycles. The van der Waals surface area contributed by atoms with Crippen molar-refractivity contribution in [2.24, 2.45) is 7.05 Å². The van der Waals surface area contributed by atoms with Gasteiger partial charge < -0.3 is 19.9 Å². The van der Waals surface area contributed by atoms with Crippen LogP contribution >= 0.6 is 0 Å². The van der Waals surface area contributed by atoms with Gasteiger partial charge in [0.1, 0.15) is 17.2 Å². The minimum Gasteiger partial charge on any atom is -0.444 e. The molecule has 2 aliphatic heterocycles. The number of fused-ring (bicyclic) bond motifs is 2. The first-order valence-electron chi connectivity index (χ1n) is 12.4. The summed E-state index contributed by atoms with van der Waals surface area (Å²) in [5.74, 6) is 0.0256. The number of rotatable bonds is 2. The van der Waals surface area contributed by atoms with Crippen molar-refractivity contribution in [2.45, 2.75) is 45.8 Å². The summed E-state index contributed by atoms with van der Waals surface area (Å²) in [6.07, 6.45) is 3.79. The molecule has 0 spiro atoms. The monoisotopic (exact) mass is 509 g/mol. The molecule has 10 nitrogen and oxygen atoms in total. The van der Waals surface area contributed by atoms with Gasteiger partial charge in [0.15, 0.2) is 0 Å². The number of hydrogen-bond donors (Lipinski definition) is 1. The van der Waals surface area contributed by atoms with Gasteiger partial charge in [0.25, 0.3) is 0 Å². The molecule has 1 aromatic carbocycles. The number of benzene rings is 1. The number of ether oxygens (including phenoxy) is 1. The molecule has 11 heteroatoms. The number of piperazine rings is 1. The molecule has 3 aromatic rings. The van der Waals surface area contributed by atoms with Crippen molar-refractivity contribution < 1.29 is 18.7 Å². The number of nitrogens with zero attached hydrogens (tertiary/aromatic N) is 6. The Balaban J connectivity index is 1.31. The summed E-state index contributed by atoms with van der Waals surface area (Å²) in [6.45, 7) is 9.84. The van der Waals surface area contributed by atoms with Crippen LogP contribution < -0.4 is 15.1 Å². The number of anilines is 3. The molecule has 4 heterocycles. The van der Waals surface area contributed by atoms with E-state index in [2.05, 4.69) is 20.3 Å². The maximum atomic E-state index is 14.7. The van der Waals surface area contributed by atoms with Crippen molar-refractivity contribution in [1.29, 1.82) is 0 Å². The number of aromatic nitrogens is 3. The quantitative estimate of drug-likeness (QED) is 0.558. The SMILES string of the molecule is C[C@@H]1CN(c2ccnc3c2CCN3C(=O)Nc2cc3cn(C)nc3cc2F)CCN1C(=O)OC(C)(C)C. The predicted octanol–water partition coefficient (Wildman–Crippen LogP) is 4.15. The zero-order valence-corrected chi connectivity index (χ0v) is 21.8. The number of carbonyl (C=O) groups excluding carboxylic acids is 2. The Morgan fingerprint density at radius 2 is 1.97 bits per heavy atom. The summed E-state index contributed by atoms with van der Waals surface area (Å²) in [6, 6.07) is 4.37. The Bertz CT molecular complexity index is 1370. The van der Waals surface area contributed by atoms with E-state index in [0.29, 0.717) is 43.9 Å². The highest BCUT2D eigenvalue weighted by molar-refractivity contribution is 6.04. The van der Waals surface area contributed by atoms with Crippen molar-refractivity contribution in [3.63, 3.8) is 0 Å². The topological polar surface area (TPSA) is 95.8 Å². The fraction of sp³-hybridized carbons (Fsp3) is 0.462. The van der Waals surface area contributed by atoms with Crippen molar-refractivity contribution in [2.75, 3.05) is 41.3 Å². The van der Waals surface area contributed by atoms with Crippen LogP contribution in [0.2, 0.25) is 0 Å². The molecule has 0 radical (unpaired) electrons. The first-order chi connectivity index (χ1) is 17.5. The third-order valence-corrected chi connectivity index (χ3v) is 6.64. The molecule has 0 saturated carbocycles. The third kappa shape index (κ3) is 4.90. The Labute approximate surface area is 215 Å². The van der Waals surface area contributed by atoms with Crippen molar-refractivity contribution >= 4 is 40.2 Å². The van der Waals surface area contributed by atoms with Crippen LogP contribution in [0.25, 0.3) is 10.9 Å². The summed E-state index contributed by atoms with van der Waals surface area (Å²) in [5.41, 5.74) is 2.05. The Kier molecular flexibility index (Phi) is 6.17. The van der Waals surface area contributed by atoms with Gasteiger partial charge in [-0.05, 0) is 46.2 Å². The number of hydrogen-bond acceptors (Lipinski definition) is 6. The number of nitrogens with one attached hydrogen (secondary N) is 1. The second-order valence-corrected chi connectivity index (χ2v) is 10.6. The van der Waals surface area contributed by atoms with E-state index >= 15 is 0 Å². The van der Waals surface area contributed by atoms with Crippen LogP contribution in [0.15, 0.2) is 30.6 Å². The number of urea groups is 1. The number of halogens is 1. The molecule has 0 unspecified atom stereocenters. The van der Waals surface area contributed by atoms with Gasteiger partial charge in [0.05, 0.1) is 11.2 Å². The minimum absolute atomic E-state index is 0.0430. The molecule has 1 fully saturated rings. The summed E-state index contributed by atoms with van der Waals surface area (Å²) < 4.78 is 21.8. The molecular formula is C26H32FN7O3. The molecule has 1 atom stereocenters. The molecule has 2 aliphatic rings. The second-order valence-electron chi connectivity index (χ2n) is 10.6. The maximum Gasteiger partial charge on any atom is 0.410 e. The van der Waals surface area contributed by atoms with Crippen LogP contribution in [0.4, 0.5) is 31.2 Å². The van der Waals surface area contributed by atoms with Crippen molar-refractivity contribution in [1.82, 2.24) is 19.7 Å². The van der Waals surface area contributed by atoms with Gasteiger partial charge >= 0.3 is 12.1 Å². The molecule has 37 heavy (non-hydrogen) atoms. The first kappa shape index (κ1) is 24.8. The molecule has 2 aromatic heterocycles. The van der Waals surface area contributed by atoms with Crippen LogP contribution in [0.1, 0.15) is 33.3 Å². The molecular weight excluding hydrogens is 477 g/mol. The Morgan fingerprint density at radius 1 is 1.19 bits per heavy atom. The van der Waals surface area contributed by atoms with E-state index in [9.17, 15) is 14.0 Å². The lowest BCUT2D eigenvalue weighted by atomic mass is 10.1. The zero-order valence-electron chi connectivity index (χ0n) is 21.8. The van der Waals surface area contributed by atoms with E-state index in [1.54, 1.807) is 40.0 Å². The van der Waals surface area contributed by atoms with Gasteiger partial charge in [-0.2, -0.15) is 5.10 Å². The van der Waals surface area contributed by atoms with Crippen LogP contribution in [0, 0.1) is 5.82 Å². The summed E-state index contributed by atoms with van der Waals surface area (Å²) in [5, 5.41) is 7.64. The average Bonchev–Trinajstić information content (AvgIpc) is 3.40.